The van der Waals surface area contributed by atoms with Crippen LogP contribution in [0.15, 0.2) is 43.0 Å². The third-order valence-corrected chi connectivity index (χ3v) is 5.11. The van der Waals surface area contributed by atoms with Gasteiger partial charge in [0.1, 0.15) is 5.75 Å². The molecule has 5 heteroatoms. The fraction of sp³-hybridized carbons (Fsp3) is 0.500. The molecule has 0 saturated carbocycles. The molecule has 0 aliphatic carbocycles. The van der Waals surface area contributed by atoms with Gasteiger partial charge in [-0.3, -0.25) is 4.79 Å². The second-order valence-corrected chi connectivity index (χ2v) is 6.76. The van der Waals surface area contributed by atoms with E-state index in [1.54, 1.807) is 7.11 Å². The molecule has 1 aromatic heterocycles. The zero-order valence-electron chi connectivity index (χ0n) is 14.9. The summed E-state index contributed by atoms with van der Waals surface area (Å²) in [6.07, 6.45) is 10.5. The fourth-order valence-corrected chi connectivity index (χ4v) is 3.42. The molecule has 3 rings (SSSR count). The molecule has 0 spiro atoms. The summed E-state index contributed by atoms with van der Waals surface area (Å²) in [5.74, 6) is 1.85. The van der Waals surface area contributed by atoms with Crippen LogP contribution in [0.3, 0.4) is 0 Å². The highest BCUT2D eigenvalue weighted by atomic mass is 16.5. The third kappa shape index (κ3) is 5.08. The van der Waals surface area contributed by atoms with E-state index in [1.165, 1.54) is 12.0 Å². The molecule has 1 aliphatic rings. The summed E-state index contributed by atoms with van der Waals surface area (Å²) in [7, 11) is 1.66. The number of hydrogen-bond acceptors (Lipinski definition) is 3. The lowest BCUT2D eigenvalue weighted by Crippen LogP contribution is -2.38. The number of aromatic nitrogens is 2. The van der Waals surface area contributed by atoms with Crippen LogP contribution in [0.25, 0.3) is 0 Å². The quantitative estimate of drug-likeness (QED) is 0.777. The first-order chi connectivity index (χ1) is 12.2. The number of benzene rings is 1. The molecule has 0 bridgehead atoms. The van der Waals surface area contributed by atoms with Crippen molar-refractivity contribution in [3.63, 3.8) is 0 Å². The van der Waals surface area contributed by atoms with Gasteiger partial charge in [0.15, 0.2) is 0 Å². The highest BCUT2D eigenvalue weighted by Crippen LogP contribution is 2.22. The number of methoxy groups -OCH3 is 1. The summed E-state index contributed by atoms with van der Waals surface area (Å²) < 4.78 is 7.29. The van der Waals surface area contributed by atoms with Crippen molar-refractivity contribution in [3.8, 4) is 5.75 Å². The minimum atomic E-state index is 0.281. The van der Waals surface area contributed by atoms with Crippen molar-refractivity contribution >= 4 is 5.91 Å². The molecule has 0 N–H and O–H groups in total. The lowest BCUT2D eigenvalue weighted by molar-refractivity contribution is -0.132. The Kier molecular flexibility index (Phi) is 6.09. The number of aryl methyl sites for hydroxylation is 2. The number of carbonyl (C=O) groups is 1. The Morgan fingerprint density at radius 1 is 1.24 bits per heavy atom. The predicted molar refractivity (Wildman–Crippen MR) is 97.5 cm³/mol. The molecule has 2 aromatic rings. The number of hydrogen-bond donors (Lipinski definition) is 0. The number of piperidine rings is 1. The monoisotopic (exact) mass is 341 g/mol. The van der Waals surface area contributed by atoms with E-state index in [9.17, 15) is 4.79 Å². The molecule has 1 amide bonds. The molecule has 1 saturated heterocycles. The van der Waals surface area contributed by atoms with E-state index in [4.69, 9.17) is 4.74 Å². The zero-order valence-corrected chi connectivity index (χ0v) is 14.9. The fourth-order valence-electron chi connectivity index (χ4n) is 3.42. The Labute approximate surface area is 149 Å². The molecule has 0 atom stereocenters. The molecule has 0 unspecified atom stereocenters. The summed E-state index contributed by atoms with van der Waals surface area (Å²) in [5, 5.41) is 0. The van der Waals surface area contributed by atoms with Crippen LogP contribution in [0.4, 0.5) is 0 Å². The number of likely N-dealkylation sites (tertiary alicyclic amines) is 1. The topological polar surface area (TPSA) is 47.4 Å². The molecule has 25 heavy (non-hydrogen) atoms. The SMILES string of the molecule is COc1ccc(CCC(=O)N2CCC(CCn3ccnc3)CC2)cc1. The Balaban J connectivity index is 1.37. The highest BCUT2D eigenvalue weighted by Gasteiger charge is 2.22. The largest absolute Gasteiger partial charge is 0.497 e. The van der Waals surface area contributed by atoms with E-state index in [2.05, 4.69) is 9.55 Å². The van der Waals surface area contributed by atoms with Gasteiger partial charge in [0.05, 0.1) is 13.4 Å². The van der Waals surface area contributed by atoms with Crippen LogP contribution in [-0.4, -0.2) is 40.6 Å². The second kappa shape index (κ2) is 8.70. The summed E-state index contributed by atoms with van der Waals surface area (Å²) in [6, 6.07) is 7.97. The van der Waals surface area contributed by atoms with Crippen LogP contribution in [0.1, 0.15) is 31.2 Å². The van der Waals surface area contributed by atoms with E-state index in [1.807, 2.05) is 47.9 Å². The van der Waals surface area contributed by atoms with Crippen molar-refractivity contribution in [2.75, 3.05) is 20.2 Å². The van der Waals surface area contributed by atoms with Gasteiger partial charge >= 0.3 is 0 Å². The summed E-state index contributed by atoms with van der Waals surface area (Å²) >= 11 is 0. The number of rotatable bonds is 7. The van der Waals surface area contributed by atoms with Gasteiger partial charge in [0, 0.05) is 38.4 Å². The molecule has 1 aliphatic heterocycles. The van der Waals surface area contributed by atoms with Gasteiger partial charge in [-0.2, -0.15) is 0 Å². The maximum atomic E-state index is 12.4. The summed E-state index contributed by atoms with van der Waals surface area (Å²) in [4.78, 5) is 18.6. The second-order valence-electron chi connectivity index (χ2n) is 6.76. The molecule has 5 nitrogen and oxygen atoms in total. The first-order valence-electron chi connectivity index (χ1n) is 9.11. The minimum Gasteiger partial charge on any atom is -0.497 e. The van der Waals surface area contributed by atoms with Crippen molar-refractivity contribution in [3.05, 3.63) is 48.5 Å². The Morgan fingerprint density at radius 2 is 2.00 bits per heavy atom. The van der Waals surface area contributed by atoms with Crippen LogP contribution >= 0.6 is 0 Å². The van der Waals surface area contributed by atoms with E-state index in [0.29, 0.717) is 12.3 Å². The zero-order chi connectivity index (χ0) is 17.5. The van der Waals surface area contributed by atoms with Crippen molar-refractivity contribution in [2.45, 2.75) is 38.6 Å². The third-order valence-electron chi connectivity index (χ3n) is 5.11. The summed E-state index contributed by atoms with van der Waals surface area (Å²) in [5.41, 5.74) is 1.18. The maximum Gasteiger partial charge on any atom is 0.222 e. The molecule has 1 aromatic carbocycles. The van der Waals surface area contributed by atoms with E-state index in [0.717, 1.165) is 44.6 Å². The van der Waals surface area contributed by atoms with E-state index < -0.39 is 0 Å². The average Bonchev–Trinajstić information content (AvgIpc) is 3.19. The number of ether oxygens (including phenoxy) is 1. The number of amides is 1. The summed E-state index contributed by atoms with van der Waals surface area (Å²) in [6.45, 7) is 2.82. The van der Waals surface area contributed by atoms with Gasteiger partial charge in [-0.1, -0.05) is 12.1 Å². The molecule has 134 valence electrons. The van der Waals surface area contributed by atoms with Gasteiger partial charge in [-0.25, -0.2) is 4.98 Å². The van der Waals surface area contributed by atoms with Gasteiger partial charge < -0.3 is 14.2 Å². The average molecular weight is 341 g/mol. The Bertz CT molecular complexity index is 644. The van der Waals surface area contributed by atoms with Crippen LogP contribution in [0, 0.1) is 5.92 Å². The molecule has 1 fully saturated rings. The molecule has 0 radical (unpaired) electrons. The van der Waals surface area contributed by atoms with Crippen molar-refractivity contribution in [1.82, 2.24) is 14.5 Å². The van der Waals surface area contributed by atoms with Crippen molar-refractivity contribution < 1.29 is 9.53 Å². The minimum absolute atomic E-state index is 0.281. The van der Waals surface area contributed by atoms with E-state index in [-0.39, 0.29) is 5.91 Å². The predicted octanol–water partition coefficient (Wildman–Crippen LogP) is 3.15. The maximum absolute atomic E-state index is 12.4. The van der Waals surface area contributed by atoms with Gasteiger partial charge in [-0.15, -0.1) is 0 Å². The number of carbonyl (C=O) groups excluding carboxylic acids is 1. The first-order valence-corrected chi connectivity index (χ1v) is 9.11. The lowest BCUT2D eigenvalue weighted by atomic mass is 9.93. The van der Waals surface area contributed by atoms with Crippen LogP contribution in [0.5, 0.6) is 5.75 Å². The molecular weight excluding hydrogens is 314 g/mol. The smallest absolute Gasteiger partial charge is 0.222 e. The van der Waals surface area contributed by atoms with Crippen molar-refractivity contribution in [1.29, 1.82) is 0 Å². The standard InChI is InChI=1S/C20H27N3O2/c1-25-19-5-2-17(3-6-19)4-7-20(24)23-13-9-18(10-14-23)8-12-22-15-11-21-16-22/h2-3,5-6,11,15-16,18H,4,7-10,12-14H2,1H3. The Hall–Kier alpha value is -2.30. The van der Waals surface area contributed by atoms with Gasteiger partial charge in [0.2, 0.25) is 5.91 Å². The van der Waals surface area contributed by atoms with Gasteiger partial charge in [0.25, 0.3) is 0 Å². The first kappa shape index (κ1) is 17.5. The van der Waals surface area contributed by atoms with Crippen molar-refractivity contribution in [2.24, 2.45) is 5.92 Å². The Morgan fingerprint density at radius 3 is 2.64 bits per heavy atom. The molecule has 2 heterocycles. The van der Waals surface area contributed by atoms with Gasteiger partial charge in [-0.05, 0) is 49.3 Å². The van der Waals surface area contributed by atoms with Crippen LogP contribution in [-0.2, 0) is 17.8 Å². The van der Waals surface area contributed by atoms with Crippen LogP contribution < -0.4 is 4.74 Å². The number of imidazole rings is 1. The lowest BCUT2D eigenvalue weighted by Gasteiger charge is -2.32. The molecular formula is C20H27N3O2. The van der Waals surface area contributed by atoms with Crippen LogP contribution in [0.2, 0.25) is 0 Å². The normalized spacial score (nSPS) is 15.3. The highest BCUT2D eigenvalue weighted by molar-refractivity contribution is 5.76. The number of nitrogens with zero attached hydrogens (tertiary/aromatic N) is 3. The van der Waals surface area contributed by atoms with E-state index >= 15 is 0 Å².